The number of anilines is 1. The molecule has 2 aromatic carbocycles. The van der Waals surface area contributed by atoms with Crippen molar-refractivity contribution in [2.45, 2.75) is 33.9 Å². The summed E-state index contributed by atoms with van der Waals surface area (Å²) in [4.78, 5) is 12.8. The highest BCUT2D eigenvalue weighted by atomic mass is 16.5. The van der Waals surface area contributed by atoms with Crippen molar-refractivity contribution in [3.05, 3.63) is 94.7 Å². The van der Waals surface area contributed by atoms with Crippen LogP contribution in [0.15, 0.2) is 65.1 Å². The molecule has 7 heteroatoms. The molecule has 0 radical (unpaired) electrons. The number of carbonyl (C=O) groups excluding carboxylic acids is 1. The Balaban J connectivity index is 1.42. The maximum atomic E-state index is 12.8. The van der Waals surface area contributed by atoms with Gasteiger partial charge in [0.1, 0.15) is 23.9 Å². The van der Waals surface area contributed by atoms with Crippen molar-refractivity contribution in [2.24, 2.45) is 0 Å². The predicted octanol–water partition coefficient (Wildman–Crippen LogP) is 5.29. The highest BCUT2D eigenvalue weighted by Gasteiger charge is 2.18. The number of benzene rings is 2. The van der Waals surface area contributed by atoms with E-state index in [4.69, 9.17) is 13.9 Å². The number of methoxy groups -OCH3 is 1. The van der Waals surface area contributed by atoms with Gasteiger partial charge in [-0.05, 0) is 68.3 Å². The molecule has 0 aliphatic carbocycles. The molecule has 0 atom stereocenters. The number of aryl methyl sites for hydroxylation is 2. The maximum Gasteiger partial charge on any atom is 0.291 e. The third-order valence-corrected chi connectivity index (χ3v) is 5.34. The Morgan fingerprint density at radius 1 is 1.03 bits per heavy atom. The summed E-state index contributed by atoms with van der Waals surface area (Å²) < 4.78 is 18.6. The van der Waals surface area contributed by atoms with Crippen molar-refractivity contribution in [3.63, 3.8) is 0 Å². The van der Waals surface area contributed by atoms with E-state index in [-0.39, 0.29) is 18.3 Å². The monoisotopic (exact) mass is 445 g/mol. The SMILES string of the molecule is COc1cccc(Cn2nc(C)c(NC(=O)c3ccc(COc4cccc(C)c4)o3)c2C)c1. The van der Waals surface area contributed by atoms with Gasteiger partial charge in [-0.2, -0.15) is 5.10 Å². The summed E-state index contributed by atoms with van der Waals surface area (Å²) in [5.41, 5.74) is 4.44. The first-order valence-corrected chi connectivity index (χ1v) is 10.7. The van der Waals surface area contributed by atoms with E-state index in [0.717, 1.165) is 34.0 Å². The predicted molar refractivity (Wildman–Crippen MR) is 126 cm³/mol. The molecule has 0 bridgehead atoms. The highest BCUT2D eigenvalue weighted by molar-refractivity contribution is 6.02. The van der Waals surface area contributed by atoms with Crippen LogP contribution in [0.5, 0.6) is 11.5 Å². The van der Waals surface area contributed by atoms with Crippen molar-refractivity contribution in [3.8, 4) is 11.5 Å². The number of amides is 1. The zero-order valence-electron chi connectivity index (χ0n) is 19.2. The molecule has 0 spiro atoms. The molecule has 0 aliphatic heterocycles. The number of carbonyl (C=O) groups is 1. The first kappa shape index (κ1) is 22.2. The van der Waals surface area contributed by atoms with Gasteiger partial charge in [-0.25, -0.2) is 0 Å². The van der Waals surface area contributed by atoms with E-state index >= 15 is 0 Å². The molecule has 2 heterocycles. The lowest BCUT2D eigenvalue weighted by atomic mass is 10.2. The van der Waals surface area contributed by atoms with Crippen molar-refractivity contribution >= 4 is 11.6 Å². The molecule has 7 nitrogen and oxygen atoms in total. The summed E-state index contributed by atoms with van der Waals surface area (Å²) in [5, 5.41) is 7.53. The van der Waals surface area contributed by atoms with E-state index < -0.39 is 0 Å². The Morgan fingerprint density at radius 2 is 1.82 bits per heavy atom. The zero-order valence-corrected chi connectivity index (χ0v) is 19.2. The Kier molecular flexibility index (Phi) is 6.49. The fourth-order valence-corrected chi connectivity index (χ4v) is 3.59. The minimum Gasteiger partial charge on any atom is -0.497 e. The third kappa shape index (κ3) is 5.26. The lowest BCUT2D eigenvalue weighted by Crippen LogP contribution is -2.12. The number of hydrogen-bond donors (Lipinski definition) is 1. The number of rotatable bonds is 8. The van der Waals surface area contributed by atoms with Gasteiger partial charge in [0.05, 0.1) is 30.7 Å². The summed E-state index contributed by atoms with van der Waals surface area (Å²) in [6.45, 7) is 6.62. The van der Waals surface area contributed by atoms with Crippen LogP contribution >= 0.6 is 0 Å². The number of nitrogens with zero attached hydrogens (tertiary/aromatic N) is 2. The molecule has 0 saturated carbocycles. The minimum absolute atomic E-state index is 0.220. The van der Waals surface area contributed by atoms with E-state index in [1.165, 1.54) is 0 Å². The third-order valence-electron chi connectivity index (χ3n) is 5.34. The first-order chi connectivity index (χ1) is 15.9. The second-order valence-electron chi connectivity index (χ2n) is 7.88. The van der Waals surface area contributed by atoms with Crippen molar-refractivity contribution in [2.75, 3.05) is 12.4 Å². The lowest BCUT2D eigenvalue weighted by molar-refractivity contribution is 0.0992. The molecule has 4 rings (SSSR count). The number of ether oxygens (including phenoxy) is 2. The lowest BCUT2D eigenvalue weighted by Gasteiger charge is -2.08. The molecule has 4 aromatic rings. The molecule has 0 unspecified atom stereocenters. The van der Waals surface area contributed by atoms with Crippen LogP contribution in [-0.2, 0) is 13.2 Å². The fraction of sp³-hybridized carbons (Fsp3) is 0.231. The Labute approximate surface area is 192 Å². The van der Waals surface area contributed by atoms with Gasteiger partial charge in [0, 0.05) is 0 Å². The van der Waals surface area contributed by atoms with E-state index in [9.17, 15) is 4.79 Å². The molecule has 0 saturated heterocycles. The number of nitrogens with one attached hydrogen (secondary N) is 1. The first-order valence-electron chi connectivity index (χ1n) is 10.7. The average molecular weight is 446 g/mol. The van der Waals surface area contributed by atoms with Crippen LogP contribution in [0.2, 0.25) is 0 Å². The fourth-order valence-electron chi connectivity index (χ4n) is 3.59. The van der Waals surface area contributed by atoms with E-state index in [2.05, 4.69) is 10.4 Å². The van der Waals surface area contributed by atoms with Crippen LogP contribution in [0.4, 0.5) is 5.69 Å². The van der Waals surface area contributed by atoms with Crippen LogP contribution in [0.25, 0.3) is 0 Å². The molecule has 2 aromatic heterocycles. The van der Waals surface area contributed by atoms with E-state index in [0.29, 0.717) is 18.0 Å². The van der Waals surface area contributed by atoms with E-state index in [1.54, 1.807) is 19.2 Å². The molecule has 33 heavy (non-hydrogen) atoms. The summed E-state index contributed by atoms with van der Waals surface area (Å²) in [6.07, 6.45) is 0. The topological polar surface area (TPSA) is 78.5 Å². The largest absolute Gasteiger partial charge is 0.497 e. The van der Waals surface area contributed by atoms with Crippen LogP contribution in [0.1, 0.15) is 38.8 Å². The highest BCUT2D eigenvalue weighted by Crippen LogP contribution is 2.23. The molecule has 0 aliphatic rings. The normalized spacial score (nSPS) is 10.8. The quantitative estimate of drug-likeness (QED) is 0.399. The molecular formula is C26H27N3O4. The summed E-state index contributed by atoms with van der Waals surface area (Å²) in [7, 11) is 1.64. The van der Waals surface area contributed by atoms with Gasteiger partial charge in [-0.1, -0.05) is 24.3 Å². The summed E-state index contributed by atoms with van der Waals surface area (Å²) in [5.74, 6) is 2.01. The van der Waals surface area contributed by atoms with Crippen molar-refractivity contribution < 1.29 is 18.7 Å². The second-order valence-corrected chi connectivity index (χ2v) is 7.88. The Morgan fingerprint density at radius 3 is 2.61 bits per heavy atom. The number of hydrogen-bond acceptors (Lipinski definition) is 5. The van der Waals surface area contributed by atoms with Gasteiger partial charge in [-0.15, -0.1) is 0 Å². The molecular weight excluding hydrogens is 418 g/mol. The molecule has 1 N–H and O–H groups in total. The summed E-state index contributed by atoms with van der Waals surface area (Å²) >= 11 is 0. The van der Waals surface area contributed by atoms with Gasteiger partial charge in [0.15, 0.2) is 5.76 Å². The van der Waals surface area contributed by atoms with Gasteiger partial charge in [0.25, 0.3) is 5.91 Å². The second kappa shape index (κ2) is 9.65. The van der Waals surface area contributed by atoms with Crippen LogP contribution in [0.3, 0.4) is 0 Å². The van der Waals surface area contributed by atoms with E-state index in [1.807, 2.05) is 74.0 Å². The van der Waals surface area contributed by atoms with Gasteiger partial charge >= 0.3 is 0 Å². The van der Waals surface area contributed by atoms with Crippen LogP contribution in [0, 0.1) is 20.8 Å². The standard InChI is InChI=1S/C26H27N3O4/c1-17-7-5-10-22(13-17)32-16-23-11-12-24(33-23)26(30)27-25-18(2)28-29(19(25)3)15-20-8-6-9-21(14-20)31-4/h5-14H,15-16H2,1-4H3,(H,27,30). The smallest absolute Gasteiger partial charge is 0.291 e. The summed E-state index contributed by atoms with van der Waals surface area (Å²) in [6, 6.07) is 19.0. The molecule has 1 amide bonds. The van der Waals surface area contributed by atoms with Crippen LogP contribution < -0.4 is 14.8 Å². The average Bonchev–Trinajstić information content (AvgIpc) is 3.38. The Bertz CT molecular complexity index is 1270. The Hall–Kier alpha value is -4.00. The molecule has 0 fully saturated rings. The molecule has 170 valence electrons. The van der Waals surface area contributed by atoms with Crippen molar-refractivity contribution in [1.82, 2.24) is 9.78 Å². The minimum atomic E-state index is -0.330. The zero-order chi connectivity index (χ0) is 23.4. The van der Waals surface area contributed by atoms with Gasteiger partial charge in [-0.3, -0.25) is 9.48 Å². The number of aromatic nitrogens is 2. The number of furan rings is 1. The van der Waals surface area contributed by atoms with Crippen molar-refractivity contribution in [1.29, 1.82) is 0 Å². The van der Waals surface area contributed by atoms with Gasteiger partial charge in [0.2, 0.25) is 0 Å². The van der Waals surface area contributed by atoms with Gasteiger partial charge < -0.3 is 19.2 Å². The maximum absolute atomic E-state index is 12.8. The van der Waals surface area contributed by atoms with Crippen LogP contribution in [-0.4, -0.2) is 22.8 Å².